The molecule has 1 amide bonds. The number of benzene rings is 2. The number of rotatable bonds is 11. The molecule has 2 aromatic rings. The number of amides is 1. The van der Waals surface area contributed by atoms with Gasteiger partial charge >= 0.3 is 0 Å². The minimum atomic E-state index is -0.207. The molecule has 0 spiro atoms. The average molecular weight is 434 g/mol. The summed E-state index contributed by atoms with van der Waals surface area (Å²) in [5, 5.41) is 2.85. The van der Waals surface area contributed by atoms with Crippen LogP contribution in [0.25, 0.3) is 0 Å². The maximum atomic E-state index is 12.2. The van der Waals surface area contributed by atoms with Gasteiger partial charge in [0.05, 0.1) is 11.1 Å². The number of halogens is 1. The number of hydrogen-bond acceptors (Lipinski definition) is 3. The molecule has 2 rings (SSSR count). The van der Waals surface area contributed by atoms with E-state index in [1.165, 1.54) is 24.8 Å². The van der Waals surface area contributed by atoms with Crippen molar-refractivity contribution in [3.05, 3.63) is 52.5 Å². The Labute approximate surface area is 170 Å². The van der Waals surface area contributed by atoms with E-state index in [0.29, 0.717) is 18.0 Å². The number of anilines is 1. The van der Waals surface area contributed by atoms with E-state index < -0.39 is 0 Å². The number of hydrogen-bond donors (Lipinski definition) is 1. The largest absolute Gasteiger partial charge is 0.494 e. The highest BCUT2D eigenvalue weighted by Crippen LogP contribution is 2.26. The molecule has 4 nitrogen and oxygen atoms in total. The van der Waals surface area contributed by atoms with Gasteiger partial charge in [-0.1, -0.05) is 45.2 Å². The Kier molecular flexibility index (Phi) is 9.19. The first-order valence-corrected chi connectivity index (χ1v) is 10.4. The summed E-state index contributed by atoms with van der Waals surface area (Å²) < 4.78 is 12.2. The van der Waals surface area contributed by atoms with Crippen molar-refractivity contribution in [3.63, 3.8) is 0 Å². The van der Waals surface area contributed by atoms with Crippen LogP contribution in [0, 0.1) is 0 Å². The summed E-state index contributed by atoms with van der Waals surface area (Å²) in [6, 6.07) is 13.3. The van der Waals surface area contributed by atoms with Gasteiger partial charge in [-0.15, -0.1) is 0 Å². The number of unbranched alkanes of at least 4 members (excludes halogenated alkanes) is 3. The second-order valence-electron chi connectivity index (χ2n) is 6.39. The maximum absolute atomic E-state index is 12.2. The van der Waals surface area contributed by atoms with Crippen LogP contribution in [0.2, 0.25) is 0 Å². The van der Waals surface area contributed by atoms with Gasteiger partial charge in [0.2, 0.25) is 0 Å². The van der Waals surface area contributed by atoms with E-state index in [1.54, 1.807) is 0 Å². The van der Waals surface area contributed by atoms with Gasteiger partial charge in [0.25, 0.3) is 5.91 Å². The number of carbonyl (C=O) groups is 1. The lowest BCUT2D eigenvalue weighted by molar-refractivity contribution is -0.118. The van der Waals surface area contributed by atoms with Gasteiger partial charge in [0.15, 0.2) is 6.61 Å². The molecule has 0 bridgehead atoms. The van der Waals surface area contributed by atoms with Crippen LogP contribution >= 0.6 is 15.9 Å². The Morgan fingerprint density at radius 1 is 1.04 bits per heavy atom. The van der Waals surface area contributed by atoms with Crippen molar-refractivity contribution in [1.82, 2.24) is 0 Å². The van der Waals surface area contributed by atoms with Crippen molar-refractivity contribution in [1.29, 1.82) is 0 Å². The zero-order valence-corrected chi connectivity index (χ0v) is 17.7. The van der Waals surface area contributed by atoms with Crippen molar-refractivity contribution in [3.8, 4) is 11.5 Å². The fourth-order valence-electron chi connectivity index (χ4n) is 2.60. The molecule has 0 fully saturated rings. The second-order valence-corrected chi connectivity index (χ2v) is 7.25. The highest BCUT2D eigenvalue weighted by Gasteiger charge is 2.07. The van der Waals surface area contributed by atoms with Crippen molar-refractivity contribution in [2.45, 2.75) is 46.0 Å². The number of nitrogens with one attached hydrogen (secondary N) is 1. The number of carbonyl (C=O) groups excluding carboxylic acids is 1. The fourth-order valence-corrected chi connectivity index (χ4v) is 3.14. The topological polar surface area (TPSA) is 47.6 Å². The first-order chi connectivity index (χ1) is 13.1. The third-order valence-electron chi connectivity index (χ3n) is 4.15. The minimum Gasteiger partial charge on any atom is -0.494 e. The van der Waals surface area contributed by atoms with Gasteiger partial charge in [0, 0.05) is 11.8 Å². The van der Waals surface area contributed by atoms with E-state index in [1.807, 2.05) is 42.5 Å². The molecule has 0 saturated heterocycles. The highest BCUT2D eigenvalue weighted by molar-refractivity contribution is 9.10. The molecule has 146 valence electrons. The molecule has 0 saturated carbocycles. The molecule has 2 aromatic carbocycles. The summed E-state index contributed by atoms with van der Waals surface area (Å²) in [6.07, 6.45) is 5.62. The lowest BCUT2D eigenvalue weighted by Gasteiger charge is -2.11. The molecule has 0 atom stereocenters. The SMILES string of the molecule is CCCCCCOc1cccc(NC(=O)COc2ccc(CC)cc2Br)c1. The van der Waals surface area contributed by atoms with Crippen LogP contribution in [0.4, 0.5) is 5.69 Å². The van der Waals surface area contributed by atoms with Crippen LogP contribution in [0.3, 0.4) is 0 Å². The second kappa shape index (κ2) is 11.7. The van der Waals surface area contributed by atoms with Gasteiger partial charge in [-0.05, 0) is 58.6 Å². The molecular formula is C22H28BrNO3. The zero-order chi connectivity index (χ0) is 19.5. The lowest BCUT2D eigenvalue weighted by Crippen LogP contribution is -2.20. The number of ether oxygens (including phenoxy) is 2. The van der Waals surface area contributed by atoms with Crippen molar-refractivity contribution >= 4 is 27.5 Å². The molecule has 5 heteroatoms. The molecule has 1 N–H and O–H groups in total. The Bertz CT molecular complexity index is 733. The smallest absolute Gasteiger partial charge is 0.262 e. The Morgan fingerprint density at radius 2 is 1.89 bits per heavy atom. The maximum Gasteiger partial charge on any atom is 0.262 e. The minimum absolute atomic E-state index is 0.0494. The third kappa shape index (κ3) is 7.63. The van der Waals surface area contributed by atoms with E-state index in [2.05, 4.69) is 35.1 Å². The Morgan fingerprint density at radius 3 is 2.63 bits per heavy atom. The van der Waals surface area contributed by atoms with Gasteiger partial charge in [-0.3, -0.25) is 4.79 Å². The van der Waals surface area contributed by atoms with E-state index in [0.717, 1.165) is 23.1 Å². The molecule has 0 radical (unpaired) electrons. The lowest BCUT2D eigenvalue weighted by atomic mass is 10.2. The summed E-state index contributed by atoms with van der Waals surface area (Å²) >= 11 is 3.48. The van der Waals surface area contributed by atoms with E-state index >= 15 is 0 Å². The van der Waals surface area contributed by atoms with Crippen LogP contribution in [0.1, 0.15) is 45.1 Å². The van der Waals surface area contributed by atoms with Gasteiger partial charge in [-0.2, -0.15) is 0 Å². The normalized spacial score (nSPS) is 10.5. The van der Waals surface area contributed by atoms with E-state index in [-0.39, 0.29) is 12.5 Å². The van der Waals surface area contributed by atoms with Crippen molar-refractivity contribution in [2.75, 3.05) is 18.5 Å². The zero-order valence-electron chi connectivity index (χ0n) is 16.1. The van der Waals surface area contributed by atoms with Crippen LogP contribution in [-0.2, 0) is 11.2 Å². The predicted octanol–water partition coefficient (Wildman–Crippen LogP) is 5.99. The predicted molar refractivity (Wildman–Crippen MR) is 114 cm³/mol. The summed E-state index contributed by atoms with van der Waals surface area (Å²) in [4.78, 5) is 12.2. The summed E-state index contributed by atoms with van der Waals surface area (Å²) in [7, 11) is 0. The summed E-state index contributed by atoms with van der Waals surface area (Å²) in [5.41, 5.74) is 1.92. The van der Waals surface area contributed by atoms with Crippen LogP contribution < -0.4 is 14.8 Å². The van der Waals surface area contributed by atoms with Gasteiger partial charge in [-0.25, -0.2) is 0 Å². The molecule has 0 aliphatic rings. The molecule has 0 aliphatic carbocycles. The molecular weight excluding hydrogens is 406 g/mol. The van der Waals surface area contributed by atoms with E-state index in [4.69, 9.17) is 9.47 Å². The Hall–Kier alpha value is -2.01. The average Bonchev–Trinajstić information content (AvgIpc) is 2.67. The van der Waals surface area contributed by atoms with Crippen molar-refractivity contribution in [2.24, 2.45) is 0 Å². The van der Waals surface area contributed by atoms with E-state index in [9.17, 15) is 4.79 Å². The highest BCUT2D eigenvalue weighted by atomic mass is 79.9. The Balaban J connectivity index is 1.80. The standard InChI is InChI=1S/C22H28BrNO3/c1-3-5-6-7-13-26-19-10-8-9-18(15-19)24-22(25)16-27-21-12-11-17(4-2)14-20(21)23/h8-12,14-15H,3-7,13,16H2,1-2H3,(H,24,25). The first-order valence-electron chi connectivity index (χ1n) is 9.56. The molecule has 0 unspecified atom stereocenters. The molecule has 0 aromatic heterocycles. The summed E-state index contributed by atoms with van der Waals surface area (Å²) in [6.45, 7) is 4.93. The van der Waals surface area contributed by atoms with Crippen molar-refractivity contribution < 1.29 is 14.3 Å². The molecule has 0 aliphatic heterocycles. The molecule has 0 heterocycles. The van der Waals surface area contributed by atoms with Crippen LogP contribution in [-0.4, -0.2) is 19.1 Å². The van der Waals surface area contributed by atoms with Gasteiger partial charge < -0.3 is 14.8 Å². The first kappa shape index (κ1) is 21.3. The monoisotopic (exact) mass is 433 g/mol. The quantitative estimate of drug-likeness (QED) is 0.442. The fraction of sp³-hybridized carbons (Fsp3) is 0.409. The molecule has 27 heavy (non-hydrogen) atoms. The summed E-state index contributed by atoms with van der Waals surface area (Å²) in [5.74, 6) is 1.22. The number of aryl methyl sites for hydroxylation is 1. The van der Waals surface area contributed by atoms with Crippen LogP contribution in [0.15, 0.2) is 46.9 Å². The van der Waals surface area contributed by atoms with Gasteiger partial charge in [0.1, 0.15) is 11.5 Å². The van der Waals surface area contributed by atoms with Crippen LogP contribution in [0.5, 0.6) is 11.5 Å². The third-order valence-corrected chi connectivity index (χ3v) is 4.77.